The van der Waals surface area contributed by atoms with E-state index < -0.39 is 0 Å². The van der Waals surface area contributed by atoms with E-state index in [1.165, 1.54) is 0 Å². The van der Waals surface area contributed by atoms with Crippen LogP contribution in [0.3, 0.4) is 0 Å². The molecule has 110 valence electrons. The zero-order valence-electron chi connectivity index (χ0n) is 12.2. The Morgan fingerprint density at radius 1 is 1.30 bits per heavy atom. The Labute approximate surface area is 125 Å². The monoisotopic (exact) mass is 294 g/mol. The predicted octanol–water partition coefficient (Wildman–Crippen LogP) is 2.71. The van der Waals surface area contributed by atoms with Gasteiger partial charge in [0, 0.05) is 11.3 Å². The van der Waals surface area contributed by atoms with Crippen LogP contribution in [0.2, 0.25) is 0 Å². The van der Waals surface area contributed by atoms with Gasteiger partial charge in [0.2, 0.25) is 5.91 Å². The molecule has 5 heteroatoms. The lowest BCUT2D eigenvalue weighted by Crippen LogP contribution is -2.22. The van der Waals surface area contributed by atoms with Gasteiger partial charge < -0.3 is 15.8 Å². The topological polar surface area (TPSA) is 64.3 Å². The molecule has 1 amide bonds. The van der Waals surface area contributed by atoms with Crippen LogP contribution in [0.15, 0.2) is 24.3 Å². The van der Waals surface area contributed by atoms with Crippen LogP contribution in [-0.4, -0.2) is 23.6 Å². The zero-order chi connectivity index (χ0) is 15.1. The van der Waals surface area contributed by atoms with Crippen LogP contribution >= 0.6 is 12.2 Å². The van der Waals surface area contributed by atoms with Gasteiger partial charge in [-0.15, -0.1) is 0 Å². The highest BCUT2D eigenvalue weighted by molar-refractivity contribution is 7.80. The summed E-state index contributed by atoms with van der Waals surface area (Å²) in [7, 11) is 0. The summed E-state index contributed by atoms with van der Waals surface area (Å²) >= 11 is 4.87. The molecule has 0 radical (unpaired) electrons. The van der Waals surface area contributed by atoms with Gasteiger partial charge in [-0.1, -0.05) is 26.1 Å². The molecule has 0 spiro atoms. The molecule has 1 aromatic rings. The Kier molecular flexibility index (Phi) is 6.61. The highest BCUT2D eigenvalue weighted by Crippen LogP contribution is 2.10. The van der Waals surface area contributed by atoms with Gasteiger partial charge in [-0.2, -0.15) is 0 Å². The summed E-state index contributed by atoms with van der Waals surface area (Å²) < 4.78 is 5.50. The van der Waals surface area contributed by atoms with E-state index >= 15 is 0 Å². The molecule has 4 nitrogen and oxygen atoms in total. The number of carbonyl (C=O) groups is 1. The number of ether oxygens (including phenoxy) is 1. The molecule has 3 N–H and O–H groups in total. The fourth-order valence-corrected chi connectivity index (χ4v) is 2.00. The van der Waals surface area contributed by atoms with Crippen LogP contribution in [-0.2, 0) is 9.53 Å². The largest absolute Gasteiger partial charge is 0.389 e. The number of rotatable bonds is 7. The number of amides is 1. The zero-order valence-corrected chi connectivity index (χ0v) is 13.0. The Bertz CT molecular complexity index is 457. The summed E-state index contributed by atoms with van der Waals surface area (Å²) in [5.74, 6) is 0.393. The molecule has 0 bridgehead atoms. The Morgan fingerprint density at radius 2 is 1.90 bits per heavy atom. The molecule has 0 heterocycles. The van der Waals surface area contributed by atoms with Crippen molar-refractivity contribution in [1.29, 1.82) is 0 Å². The van der Waals surface area contributed by atoms with Gasteiger partial charge in [0.05, 0.1) is 6.10 Å². The van der Waals surface area contributed by atoms with Gasteiger partial charge in [-0.25, -0.2) is 0 Å². The number of hydrogen-bond donors (Lipinski definition) is 2. The van der Waals surface area contributed by atoms with E-state index in [4.69, 9.17) is 22.7 Å². The standard InChI is InChI=1S/C15H22N2O2S/c1-10(2)8-11(3)19-9-14(18)17-13-6-4-12(5-7-13)15(16)20/h4-7,10-11H,8-9H2,1-3H3,(H2,16,20)(H,17,18). The minimum absolute atomic E-state index is 0.0605. The van der Waals surface area contributed by atoms with Crippen molar-refractivity contribution in [1.82, 2.24) is 0 Å². The van der Waals surface area contributed by atoms with E-state index in [1.54, 1.807) is 24.3 Å². The molecule has 20 heavy (non-hydrogen) atoms. The molecule has 0 aromatic heterocycles. The van der Waals surface area contributed by atoms with Gasteiger partial charge in [0.1, 0.15) is 11.6 Å². The van der Waals surface area contributed by atoms with Crippen molar-refractivity contribution < 1.29 is 9.53 Å². The first-order valence-electron chi connectivity index (χ1n) is 6.69. The highest BCUT2D eigenvalue weighted by Gasteiger charge is 2.09. The van der Waals surface area contributed by atoms with Gasteiger partial charge >= 0.3 is 0 Å². The normalized spacial score (nSPS) is 12.2. The molecular weight excluding hydrogens is 272 g/mol. The lowest BCUT2D eigenvalue weighted by atomic mass is 10.1. The molecule has 1 rings (SSSR count). The van der Waals surface area contributed by atoms with E-state index in [9.17, 15) is 4.79 Å². The van der Waals surface area contributed by atoms with Crippen LogP contribution in [0.5, 0.6) is 0 Å². The van der Waals surface area contributed by atoms with Crippen molar-refractivity contribution in [3.8, 4) is 0 Å². The average Bonchev–Trinajstić information content (AvgIpc) is 2.36. The SMILES string of the molecule is CC(C)CC(C)OCC(=O)Nc1ccc(C(N)=S)cc1. The third-order valence-corrected chi connectivity index (χ3v) is 2.99. The Hall–Kier alpha value is -1.46. The van der Waals surface area contributed by atoms with Crippen molar-refractivity contribution in [3.05, 3.63) is 29.8 Å². The van der Waals surface area contributed by atoms with Gasteiger partial charge in [-0.05, 0) is 43.5 Å². The van der Waals surface area contributed by atoms with Crippen molar-refractivity contribution in [3.63, 3.8) is 0 Å². The molecule has 0 saturated carbocycles. The van der Waals surface area contributed by atoms with Crippen molar-refractivity contribution in [2.75, 3.05) is 11.9 Å². The third-order valence-electron chi connectivity index (χ3n) is 2.76. The number of hydrogen-bond acceptors (Lipinski definition) is 3. The number of anilines is 1. The van der Waals surface area contributed by atoms with Crippen LogP contribution in [0.25, 0.3) is 0 Å². The van der Waals surface area contributed by atoms with Crippen molar-refractivity contribution >= 4 is 28.8 Å². The molecule has 0 fully saturated rings. The summed E-state index contributed by atoms with van der Waals surface area (Å²) in [6.45, 7) is 6.29. The maximum Gasteiger partial charge on any atom is 0.250 e. The second-order valence-corrected chi connectivity index (χ2v) is 5.68. The second-order valence-electron chi connectivity index (χ2n) is 5.24. The Morgan fingerprint density at radius 3 is 2.40 bits per heavy atom. The van der Waals surface area contributed by atoms with Gasteiger partial charge in [0.15, 0.2) is 0 Å². The molecule has 0 saturated heterocycles. The first-order valence-corrected chi connectivity index (χ1v) is 7.10. The lowest BCUT2D eigenvalue weighted by molar-refractivity contribution is -0.122. The van der Waals surface area contributed by atoms with E-state index in [-0.39, 0.29) is 18.6 Å². The first kappa shape index (κ1) is 16.6. The van der Waals surface area contributed by atoms with Gasteiger partial charge in [-0.3, -0.25) is 4.79 Å². The first-order chi connectivity index (χ1) is 9.38. The summed E-state index contributed by atoms with van der Waals surface area (Å²) in [5.41, 5.74) is 6.99. The molecule has 1 atom stereocenters. The fraction of sp³-hybridized carbons (Fsp3) is 0.467. The van der Waals surface area contributed by atoms with E-state index in [1.807, 2.05) is 6.92 Å². The summed E-state index contributed by atoms with van der Waals surface area (Å²) in [6, 6.07) is 7.09. The summed E-state index contributed by atoms with van der Waals surface area (Å²) in [4.78, 5) is 12.1. The van der Waals surface area contributed by atoms with Crippen LogP contribution in [0.4, 0.5) is 5.69 Å². The maximum atomic E-state index is 11.7. The van der Waals surface area contributed by atoms with E-state index in [0.717, 1.165) is 12.0 Å². The molecule has 1 aromatic carbocycles. The van der Waals surface area contributed by atoms with Crippen LogP contribution in [0, 0.1) is 5.92 Å². The highest BCUT2D eigenvalue weighted by atomic mass is 32.1. The fourth-order valence-electron chi connectivity index (χ4n) is 1.86. The second kappa shape index (κ2) is 7.97. The quantitative estimate of drug-likeness (QED) is 0.759. The minimum Gasteiger partial charge on any atom is -0.389 e. The van der Waals surface area contributed by atoms with Gasteiger partial charge in [0.25, 0.3) is 0 Å². The molecule has 0 aliphatic carbocycles. The molecular formula is C15H22N2O2S. The summed E-state index contributed by atoms with van der Waals surface area (Å²) in [6.07, 6.45) is 1.02. The molecule has 0 aliphatic rings. The van der Waals surface area contributed by atoms with Crippen molar-refractivity contribution in [2.45, 2.75) is 33.3 Å². The molecule has 0 aliphatic heterocycles. The number of benzene rings is 1. The van der Waals surface area contributed by atoms with E-state index in [0.29, 0.717) is 16.6 Å². The Balaban J connectivity index is 2.40. The summed E-state index contributed by atoms with van der Waals surface area (Å²) in [5, 5.41) is 2.77. The average molecular weight is 294 g/mol. The predicted molar refractivity (Wildman–Crippen MR) is 85.8 cm³/mol. The van der Waals surface area contributed by atoms with Crippen molar-refractivity contribution in [2.24, 2.45) is 11.7 Å². The van der Waals surface area contributed by atoms with E-state index in [2.05, 4.69) is 19.2 Å². The smallest absolute Gasteiger partial charge is 0.250 e. The lowest BCUT2D eigenvalue weighted by Gasteiger charge is -2.15. The van der Waals surface area contributed by atoms with Crippen LogP contribution in [0.1, 0.15) is 32.8 Å². The number of nitrogens with one attached hydrogen (secondary N) is 1. The number of nitrogens with two attached hydrogens (primary N) is 1. The maximum absolute atomic E-state index is 11.7. The van der Waals surface area contributed by atoms with Crippen LogP contribution < -0.4 is 11.1 Å². The third kappa shape index (κ3) is 6.12. The molecule has 1 unspecified atom stereocenters. The number of thiocarbonyl (C=S) groups is 1. The number of carbonyl (C=O) groups excluding carboxylic acids is 1. The minimum atomic E-state index is -0.163.